The van der Waals surface area contributed by atoms with Gasteiger partial charge in [-0.3, -0.25) is 4.79 Å². The summed E-state index contributed by atoms with van der Waals surface area (Å²) in [5.74, 6) is 1.39. The smallest absolute Gasteiger partial charge is 0.321 e. The van der Waals surface area contributed by atoms with E-state index in [4.69, 9.17) is 0 Å². The lowest BCUT2D eigenvalue weighted by molar-refractivity contribution is 0.0635. The number of piperidine rings is 2. The van der Waals surface area contributed by atoms with Crippen molar-refractivity contribution in [3.8, 4) is 0 Å². The van der Waals surface area contributed by atoms with Crippen LogP contribution in [0, 0.1) is 11.8 Å². The third-order valence-electron chi connectivity index (χ3n) is 6.44. The number of amides is 3. The summed E-state index contributed by atoms with van der Waals surface area (Å²) in [5, 5.41) is 6.41. The minimum Gasteiger partial charge on any atom is -0.336 e. The zero-order chi connectivity index (χ0) is 18.8. The minimum absolute atomic E-state index is 0.0379. The first-order valence-corrected chi connectivity index (χ1v) is 10.3. The Kier molecular flexibility index (Phi) is 5.34. The molecule has 1 aromatic rings. The number of rotatable bonds is 2. The Bertz CT molecular complexity index is 690. The number of hydrogen-bond acceptors (Lipinski definition) is 3. The summed E-state index contributed by atoms with van der Waals surface area (Å²) >= 11 is 0. The molecule has 3 aliphatic heterocycles. The molecule has 0 saturated carbocycles. The molecule has 6 heteroatoms. The summed E-state index contributed by atoms with van der Waals surface area (Å²) in [7, 11) is 0. The van der Waals surface area contributed by atoms with E-state index in [0.29, 0.717) is 17.5 Å². The van der Waals surface area contributed by atoms with Gasteiger partial charge >= 0.3 is 6.03 Å². The zero-order valence-corrected chi connectivity index (χ0v) is 16.1. The molecule has 3 heterocycles. The van der Waals surface area contributed by atoms with Crippen LogP contribution in [-0.2, 0) is 0 Å². The van der Waals surface area contributed by atoms with Crippen molar-refractivity contribution in [2.75, 3.05) is 38.0 Å². The van der Waals surface area contributed by atoms with E-state index in [2.05, 4.69) is 17.6 Å². The van der Waals surface area contributed by atoms with Crippen molar-refractivity contribution in [1.82, 2.24) is 15.1 Å². The van der Waals surface area contributed by atoms with Crippen molar-refractivity contribution in [2.45, 2.75) is 38.6 Å². The molecular weight excluding hydrogens is 340 g/mol. The standard InChI is InChI=1S/C21H30N4O2/c1-15-4-2-3-10-25(15)20(26)16-5-7-19(8-6-16)23-21(27)24-11-9-17-12-22-13-18(17)14-24/h5-8,15,17-18,22H,2-4,9-14H2,1H3,(H,23,27)/t15?,17-,18-/m1/s1. The lowest BCUT2D eigenvalue weighted by atomic mass is 9.89. The van der Waals surface area contributed by atoms with Crippen LogP contribution in [0.25, 0.3) is 0 Å². The fourth-order valence-electron chi connectivity index (χ4n) is 4.68. The molecule has 3 fully saturated rings. The third-order valence-corrected chi connectivity index (χ3v) is 6.44. The van der Waals surface area contributed by atoms with Crippen LogP contribution in [0.15, 0.2) is 24.3 Å². The van der Waals surface area contributed by atoms with Gasteiger partial charge < -0.3 is 20.4 Å². The van der Waals surface area contributed by atoms with Gasteiger partial charge in [0.1, 0.15) is 0 Å². The van der Waals surface area contributed by atoms with Crippen molar-refractivity contribution < 1.29 is 9.59 Å². The minimum atomic E-state index is -0.0379. The largest absolute Gasteiger partial charge is 0.336 e. The molecule has 1 aromatic carbocycles. The second-order valence-corrected chi connectivity index (χ2v) is 8.26. The molecule has 3 amide bonds. The number of carbonyl (C=O) groups excluding carboxylic acids is 2. The number of anilines is 1. The van der Waals surface area contributed by atoms with E-state index in [0.717, 1.165) is 63.6 Å². The van der Waals surface area contributed by atoms with E-state index in [-0.39, 0.29) is 11.9 Å². The van der Waals surface area contributed by atoms with Crippen molar-refractivity contribution in [3.05, 3.63) is 29.8 Å². The van der Waals surface area contributed by atoms with Gasteiger partial charge in [0.2, 0.25) is 0 Å². The lowest BCUT2D eigenvalue weighted by Gasteiger charge is -2.34. The third kappa shape index (κ3) is 3.95. The highest BCUT2D eigenvalue weighted by atomic mass is 16.2. The predicted octanol–water partition coefficient (Wildman–Crippen LogP) is 2.77. The van der Waals surface area contributed by atoms with E-state index in [1.54, 1.807) is 0 Å². The quantitative estimate of drug-likeness (QED) is 0.841. The van der Waals surface area contributed by atoms with Gasteiger partial charge in [-0.15, -0.1) is 0 Å². The first-order chi connectivity index (χ1) is 13.1. The van der Waals surface area contributed by atoms with Gasteiger partial charge in [0, 0.05) is 36.9 Å². The van der Waals surface area contributed by atoms with Gasteiger partial charge in [-0.25, -0.2) is 4.79 Å². The number of nitrogens with zero attached hydrogens (tertiary/aromatic N) is 2. The molecular formula is C21H30N4O2. The van der Waals surface area contributed by atoms with E-state index in [1.165, 1.54) is 6.42 Å². The molecule has 27 heavy (non-hydrogen) atoms. The van der Waals surface area contributed by atoms with Crippen LogP contribution >= 0.6 is 0 Å². The van der Waals surface area contributed by atoms with Gasteiger partial charge in [-0.2, -0.15) is 0 Å². The average Bonchev–Trinajstić information content (AvgIpc) is 3.16. The normalized spacial score (nSPS) is 28.0. The van der Waals surface area contributed by atoms with Crippen LogP contribution in [0.5, 0.6) is 0 Å². The average molecular weight is 370 g/mol. The second kappa shape index (κ2) is 7.89. The van der Waals surface area contributed by atoms with Crippen molar-refractivity contribution in [1.29, 1.82) is 0 Å². The van der Waals surface area contributed by atoms with E-state index < -0.39 is 0 Å². The van der Waals surface area contributed by atoms with Crippen molar-refractivity contribution >= 4 is 17.6 Å². The highest BCUT2D eigenvalue weighted by molar-refractivity contribution is 5.95. The number of carbonyl (C=O) groups is 2. The van der Waals surface area contributed by atoms with Gasteiger partial charge in [0.25, 0.3) is 5.91 Å². The maximum atomic E-state index is 12.7. The number of fused-ring (bicyclic) bond motifs is 1. The number of urea groups is 1. The van der Waals surface area contributed by atoms with Gasteiger partial charge in [-0.05, 0) is 81.8 Å². The Morgan fingerprint density at radius 3 is 2.59 bits per heavy atom. The van der Waals surface area contributed by atoms with Crippen LogP contribution in [0.4, 0.5) is 10.5 Å². The predicted molar refractivity (Wildman–Crippen MR) is 106 cm³/mol. The summed E-state index contributed by atoms with van der Waals surface area (Å²) in [6.07, 6.45) is 4.43. The Morgan fingerprint density at radius 2 is 1.81 bits per heavy atom. The van der Waals surface area contributed by atoms with E-state index in [9.17, 15) is 9.59 Å². The summed E-state index contributed by atoms with van der Waals surface area (Å²) in [6, 6.07) is 7.59. The Balaban J connectivity index is 1.35. The Labute approximate surface area is 161 Å². The molecule has 0 bridgehead atoms. The maximum absolute atomic E-state index is 12.7. The molecule has 2 N–H and O–H groups in total. The van der Waals surface area contributed by atoms with Crippen molar-refractivity contribution in [3.63, 3.8) is 0 Å². The molecule has 146 valence electrons. The second-order valence-electron chi connectivity index (χ2n) is 8.26. The molecule has 3 aliphatic rings. The molecule has 0 aromatic heterocycles. The summed E-state index contributed by atoms with van der Waals surface area (Å²) in [4.78, 5) is 29.2. The molecule has 6 nitrogen and oxygen atoms in total. The lowest BCUT2D eigenvalue weighted by Crippen LogP contribution is -2.45. The van der Waals surface area contributed by atoms with E-state index in [1.807, 2.05) is 34.1 Å². The van der Waals surface area contributed by atoms with Gasteiger partial charge in [-0.1, -0.05) is 0 Å². The van der Waals surface area contributed by atoms with Crippen molar-refractivity contribution in [2.24, 2.45) is 11.8 Å². The topological polar surface area (TPSA) is 64.7 Å². The Hall–Kier alpha value is -2.08. The number of nitrogens with one attached hydrogen (secondary N) is 2. The number of likely N-dealkylation sites (tertiary alicyclic amines) is 2. The maximum Gasteiger partial charge on any atom is 0.321 e. The fraction of sp³-hybridized carbons (Fsp3) is 0.619. The molecule has 4 rings (SSSR count). The SMILES string of the molecule is CC1CCCCN1C(=O)c1ccc(NC(=O)N2CC[C@@H]3CNC[C@@H]3C2)cc1. The van der Waals surface area contributed by atoms with E-state index >= 15 is 0 Å². The van der Waals surface area contributed by atoms with Crippen LogP contribution in [0.3, 0.4) is 0 Å². The molecule has 1 unspecified atom stereocenters. The van der Waals surface area contributed by atoms with Crippen LogP contribution in [-0.4, -0.2) is 60.5 Å². The summed E-state index contributed by atoms with van der Waals surface area (Å²) < 4.78 is 0. The molecule has 0 spiro atoms. The first kappa shape index (κ1) is 18.3. The highest BCUT2D eigenvalue weighted by Crippen LogP contribution is 2.27. The monoisotopic (exact) mass is 370 g/mol. The number of benzene rings is 1. The summed E-state index contributed by atoms with van der Waals surface area (Å²) in [6.45, 7) is 6.70. The number of hydrogen-bond donors (Lipinski definition) is 2. The van der Waals surface area contributed by atoms with Crippen LogP contribution < -0.4 is 10.6 Å². The fourth-order valence-corrected chi connectivity index (χ4v) is 4.68. The summed E-state index contributed by atoms with van der Waals surface area (Å²) in [5.41, 5.74) is 1.44. The van der Waals surface area contributed by atoms with Crippen LogP contribution in [0.2, 0.25) is 0 Å². The molecule has 0 radical (unpaired) electrons. The van der Waals surface area contributed by atoms with Gasteiger partial charge in [0.15, 0.2) is 0 Å². The highest BCUT2D eigenvalue weighted by Gasteiger charge is 2.34. The van der Waals surface area contributed by atoms with Gasteiger partial charge in [0.05, 0.1) is 0 Å². The van der Waals surface area contributed by atoms with Crippen LogP contribution in [0.1, 0.15) is 43.0 Å². The first-order valence-electron chi connectivity index (χ1n) is 10.3. The Morgan fingerprint density at radius 1 is 1.04 bits per heavy atom. The molecule has 3 saturated heterocycles. The zero-order valence-electron chi connectivity index (χ0n) is 16.1. The molecule has 0 aliphatic carbocycles. The molecule has 3 atom stereocenters.